The van der Waals surface area contributed by atoms with E-state index in [0.717, 1.165) is 0 Å². The molecule has 0 aliphatic carbocycles. The Labute approximate surface area is 146 Å². The highest BCUT2D eigenvalue weighted by molar-refractivity contribution is 5.96. The van der Waals surface area contributed by atoms with Crippen molar-refractivity contribution >= 4 is 10.8 Å². The van der Waals surface area contributed by atoms with Crippen LogP contribution in [-0.2, 0) is 10.8 Å². The molecule has 0 N–H and O–H groups in total. The minimum Gasteiger partial charge on any atom is -0.0616 e. The summed E-state index contributed by atoms with van der Waals surface area (Å²) in [6, 6.07) is 22.4. The molecule has 0 aliphatic heterocycles. The second kappa shape index (κ2) is 5.77. The van der Waals surface area contributed by atoms with Gasteiger partial charge in [-0.2, -0.15) is 0 Å². The number of fused-ring (bicyclic) bond motifs is 1. The van der Waals surface area contributed by atoms with Gasteiger partial charge in [0.05, 0.1) is 0 Å². The lowest BCUT2D eigenvalue weighted by atomic mass is 9.78. The topological polar surface area (TPSA) is 0 Å². The maximum absolute atomic E-state index is 2.38. The van der Waals surface area contributed by atoms with E-state index in [9.17, 15) is 0 Å². The Hall–Kier alpha value is -2.08. The summed E-state index contributed by atoms with van der Waals surface area (Å²) in [7, 11) is 0. The molecule has 0 aliphatic rings. The van der Waals surface area contributed by atoms with Crippen LogP contribution in [0, 0.1) is 0 Å². The fourth-order valence-corrected chi connectivity index (χ4v) is 3.13. The van der Waals surface area contributed by atoms with Gasteiger partial charge in [-0.1, -0.05) is 102 Å². The number of benzene rings is 3. The third-order valence-corrected chi connectivity index (χ3v) is 4.77. The Bertz CT molecular complexity index is 833. The first-order chi connectivity index (χ1) is 11.2. The monoisotopic (exact) mass is 316 g/mol. The van der Waals surface area contributed by atoms with Gasteiger partial charge in [-0.3, -0.25) is 0 Å². The molecule has 0 heteroatoms. The fraction of sp³-hybridized carbons (Fsp3) is 0.333. The van der Waals surface area contributed by atoms with Crippen LogP contribution in [0.3, 0.4) is 0 Å². The van der Waals surface area contributed by atoms with Crippen molar-refractivity contribution in [2.75, 3.05) is 0 Å². The van der Waals surface area contributed by atoms with E-state index in [1.54, 1.807) is 0 Å². The van der Waals surface area contributed by atoms with Gasteiger partial charge in [-0.15, -0.1) is 0 Å². The lowest BCUT2D eigenvalue weighted by molar-refractivity contribution is 0.569. The second-order valence-corrected chi connectivity index (χ2v) is 8.83. The van der Waals surface area contributed by atoms with Crippen LogP contribution in [0.2, 0.25) is 0 Å². The van der Waals surface area contributed by atoms with E-state index >= 15 is 0 Å². The average Bonchev–Trinajstić information content (AvgIpc) is 2.52. The molecule has 0 heterocycles. The van der Waals surface area contributed by atoms with Gasteiger partial charge >= 0.3 is 0 Å². The molecule has 0 saturated heterocycles. The van der Waals surface area contributed by atoms with E-state index in [4.69, 9.17) is 0 Å². The molecule has 0 bridgehead atoms. The summed E-state index contributed by atoms with van der Waals surface area (Å²) in [5, 5.41) is 2.62. The summed E-state index contributed by atoms with van der Waals surface area (Å²) in [4.78, 5) is 0. The van der Waals surface area contributed by atoms with E-state index in [0.29, 0.717) is 0 Å². The summed E-state index contributed by atoms with van der Waals surface area (Å²) in [5.74, 6) is 0. The smallest absolute Gasteiger partial charge is 0.0105 e. The first-order valence-electron chi connectivity index (χ1n) is 8.80. The van der Waals surface area contributed by atoms with E-state index < -0.39 is 0 Å². The van der Waals surface area contributed by atoms with Crippen LogP contribution in [0.4, 0.5) is 0 Å². The Balaban J connectivity index is 2.30. The summed E-state index contributed by atoms with van der Waals surface area (Å²) in [5.41, 5.74) is 5.73. The molecule has 24 heavy (non-hydrogen) atoms. The van der Waals surface area contributed by atoms with Crippen LogP contribution in [0.25, 0.3) is 21.9 Å². The van der Waals surface area contributed by atoms with Crippen LogP contribution < -0.4 is 0 Å². The first kappa shape index (κ1) is 16.8. The van der Waals surface area contributed by atoms with Crippen LogP contribution in [-0.4, -0.2) is 0 Å². The average molecular weight is 316 g/mol. The first-order valence-corrected chi connectivity index (χ1v) is 8.80. The van der Waals surface area contributed by atoms with Crippen molar-refractivity contribution in [1.29, 1.82) is 0 Å². The third kappa shape index (κ3) is 3.24. The molecule has 0 aromatic heterocycles. The van der Waals surface area contributed by atoms with E-state index in [1.165, 1.54) is 33.0 Å². The zero-order chi connectivity index (χ0) is 17.5. The molecule has 0 amide bonds. The highest BCUT2D eigenvalue weighted by Crippen LogP contribution is 2.36. The van der Waals surface area contributed by atoms with Gasteiger partial charge in [-0.05, 0) is 43.9 Å². The second-order valence-electron chi connectivity index (χ2n) is 8.83. The molecular weight excluding hydrogens is 288 g/mol. The van der Waals surface area contributed by atoms with Crippen molar-refractivity contribution in [3.8, 4) is 11.1 Å². The lowest BCUT2D eigenvalue weighted by Crippen LogP contribution is -2.16. The zero-order valence-electron chi connectivity index (χ0n) is 15.8. The Morgan fingerprint density at radius 1 is 0.583 bits per heavy atom. The molecule has 0 unspecified atom stereocenters. The molecule has 0 nitrogen and oxygen atoms in total. The van der Waals surface area contributed by atoms with Crippen LogP contribution >= 0.6 is 0 Å². The Kier molecular flexibility index (Phi) is 4.03. The standard InChI is InChI=1S/C24H28/c1-23(2,3)19-14-18(15-20(16-19)24(4,5)6)22-13-9-11-17-10-7-8-12-21(17)22/h7-16H,1-6H3. The van der Waals surface area contributed by atoms with Gasteiger partial charge in [-0.25, -0.2) is 0 Å². The number of hydrogen-bond donors (Lipinski definition) is 0. The zero-order valence-corrected chi connectivity index (χ0v) is 15.8. The number of hydrogen-bond acceptors (Lipinski definition) is 0. The lowest BCUT2D eigenvalue weighted by Gasteiger charge is -2.26. The maximum atomic E-state index is 2.38. The summed E-state index contributed by atoms with van der Waals surface area (Å²) in [6.45, 7) is 13.8. The highest BCUT2D eigenvalue weighted by atomic mass is 14.3. The predicted molar refractivity (Wildman–Crippen MR) is 107 cm³/mol. The van der Waals surface area contributed by atoms with E-state index in [2.05, 4.69) is 102 Å². The molecular formula is C24H28. The SMILES string of the molecule is CC(C)(C)c1cc(-c2cccc3ccccc23)cc(C(C)(C)C)c1. The van der Waals surface area contributed by atoms with Gasteiger partial charge in [0.15, 0.2) is 0 Å². The fourth-order valence-electron chi connectivity index (χ4n) is 3.13. The van der Waals surface area contributed by atoms with Crippen LogP contribution in [0.1, 0.15) is 52.7 Å². The highest BCUT2D eigenvalue weighted by Gasteiger charge is 2.21. The van der Waals surface area contributed by atoms with Crippen molar-refractivity contribution in [1.82, 2.24) is 0 Å². The Morgan fingerprint density at radius 3 is 1.71 bits per heavy atom. The molecule has 3 aromatic rings. The van der Waals surface area contributed by atoms with Gasteiger partial charge in [0, 0.05) is 0 Å². The molecule has 0 atom stereocenters. The summed E-state index contributed by atoms with van der Waals surface area (Å²) in [6.07, 6.45) is 0. The van der Waals surface area contributed by atoms with Crippen molar-refractivity contribution < 1.29 is 0 Å². The minimum absolute atomic E-state index is 0.139. The van der Waals surface area contributed by atoms with Crippen molar-refractivity contribution in [2.24, 2.45) is 0 Å². The quantitative estimate of drug-likeness (QED) is 0.449. The maximum Gasteiger partial charge on any atom is -0.0105 e. The molecule has 124 valence electrons. The molecule has 0 radical (unpaired) electrons. The molecule has 0 saturated carbocycles. The van der Waals surface area contributed by atoms with Crippen LogP contribution in [0.15, 0.2) is 60.7 Å². The molecule has 0 fully saturated rings. The van der Waals surface area contributed by atoms with E-state index in [-0.39, 0.29) is 10.8 Å². The van der Waals surface area contributed by atoms with Crippen molar-refractivity contribution in [3.05, 3.63) is 71.8 Å². The van der Waals surface area contributed by atoms with Gasteiger partial charge < -0.3 is 0 Å². The third-order valence-electron chi connectivity index (χ3n) is 4.77. The molecule has 3 rings (SSSR count). The number of rotatable bonds is 1. The normalized spacial score (nSPS) is 12.6. The van der Waals surface area contributed by atoms with Gasteiger partial charge in [0.2, 0.25) is 0 Å². The van der Waals surface area contributed by atoms with Gasteiger partial charge in [0.25, 0.3) is 0 Å². The van der Waals surface area contributed by atoms with Crippen LogP contribution in [0.5, 0.6) is 0 Å². The van der Waals surface area contributed by atoms with Gasteiger partial charge in [0.1, 0.15) is 0 Å². The largest absolute Gasteiger partial charge is 0.0616 e. The Morgan fingerprint density at radius 2 is 1.12 bits per heavy atom. The van der Waals surface area contributed by atoms with E-state index in [1.807, 2.05) is 0 Å². The van der Waals surface area contributed by atoms with Crippen molar-refractivity contribution in [3.63, 3.8) is 0 Å². The predicted octanol–water partition coefficient (Wildman–Crippen LogP) is 7.10. The van der Waals surface area contributed by atoms with Crippen molar-refractivity contribution in [2.45, 2.75) is 52.4 Å². The summed E-state index contributed by atoms with van der Waals surface area (Å²) >= 11 is 0. The summed E-state index contributed by atoms with van der Waals surface area (Å²) < 4.78 is 0. The molecule has 3 aromatic carbocycles. The molecule has 0 spiro atoms. The minimum atomic E-state index is 0.139.